The van der Waals surface area contributed by atoms with Gasteiger partial charge in [-0.2, -0.15) is 0 Å². The van der Waals surface area contributed by atoms with Crippen molar-refractivity contribution in [1.29, 1.82) is 0 Å². The molecule has 0 spiro atoms. The van der Waals surface area contributed by atoms with Gasteiger partial charge in [0.05, 0.1) is 6.54 Å². The standard InChI is InChI=1S/C16H25N3O.HI/c1-12-5-3-8-15(9-12)20-13(2)10-18-16(17)19-11-14-6-4-7-14;/h3,5,8-9,13-14H,4,6-7,10-11H2,1-2H3,(H3,17,18,19);1H. The quantitative estimate of drug-likeness (QED) is 0.436. The van der Waals surface area contributed by atoms with Crippen LogP contribution in [0.1, 0.15) is 31.7 Å². The Morgan fingerprint density at radius 1 is 1.48 bits per heavy atom. The average molecular weight is 403 g/mol. The van der Waals surface area contributed by atoms with Gasteiger partial charge in [0.15, 0.2) is 5.96 Å². The van der Waals surface area contributed by atoms with Gasteiger partial charge < -0.3 is 15.8 Å². The van der Waals surface area contributed by atoms with Gasteiger partial charge in [-0.1, -0.05) is 18.6 Å². The molecule has 3 N–H and O–H groups in total. The first-order valence-electron chi connectivity index (χ1n) is 7.40. The van der Waals surface area contributed by atoms with E-state index < -0.39 is 0 Å². The highest BCUT2D eigenvalue weighted by atomic mass is 127. The second-order valence-corrected chi connectivity index (χ2v) is 5.65. The number of hydrogen-bond acceptors (Lipinski definition) is 2. The van der Waals surface area contributed by atoms with Gasteiger partial charge in [-0.3, -0.25) is 0 Å². The maximum Gasteiger partial charge on any atom is 0.188 e. The van der Waals surface area contributed by atoms with Gasteiger partial charge in [0.1, 0.15) is 11.9 Å². The number of benzene rings is 1. The molecule has 0 aromatic heterocycles. The minimum absolute atomic E-state index is 0. The first-order chi connectivity index (χ1) is 9.63. The zero-order valence-corrected chi connectivity index (χ0v) is 15.2. The van der Waals surface area contributed by atoms with E-state index in [4.69, 9.17) is 10.5 Å². The minimum Gasteiger partial charge on any atom is -0.489 e. The van der Waals surface area contributed by atoms with Crippen LogP contribution < -0.4 is 15.8 Å². The third-order valence-electron chi connectivity index (χ3n) is 3.64. The van der Waals surface area contributed by atoms with Crippen molar-refractivity contribution in [2.75, 3.05) is 13.1 Å². The molecule has 5 heteroatoms. The normalized spacial score (nSPS) is 16.6. The molecule has 1 unspecified atom stereocenters. The van der Waals surface area contributed by atoms with Gasteiger partial charge in [0.25, 0.3) is 0 Å². The fraction of sp³-hybridized carbons (Fsp3) is 0.562. The first kappa shape index (κ1) is 18.1. The number of aryl methyl sites for hydroxylation is 1. The highest BCUT2D eigenvalue weighted by molar-refractivity contribution is 14.0. The van der Waals surface area contributed by atoms with E-state index >= 15 is 0 Å². The van der Waals surface area contributed by atoms with Crippen LogP contribution in [0.15, 0.2) is 29.3 Å². The summed E-state index contributed by atoms with van der Waals surface area (Å²) in [4.78, 5) is 4.33. The van der Waals surface area contributed by atoms with Crippen LogP contribution in [0, 0.1) is 12.8 Å². The SMILES string of the molecule is Cc1cccc(OC(C)CN=C(N)NCC2CCC2)c1.I. The molecule has 118 valence electrons. The van der Waals surface area contributed by atoms with Gasteiger partial charge in [-0.15, -0.1) is 24.0 Å². The monoisotopic (exact) mass is 403 g/mol. The Balaban J connectivity index is 0.00000220. The van der Waals surface area contributed by atoms with Crippen molar-refractivity contribution in [2.24, 2.45) is 16.6 Å². The molecular weight excluding hydrogens is 377 g/mol. The van der Waals surface area contributed by atoms with E-state index in [2.05, 4.69) is 23.3 Å². The van der Waals surface area contributed by atoms with Crippen LogP contribution in [0.2, 0.25) is 0 Å². The summed E-state index contributed by atoms with van der Waals surface area (Å²) < 4.78 is 5.81. The number of rotatable bonds is 6. The van der Waals surface area contributed by atoms with Crippen LogP contribution >= 0.6 is 24.0 Å². The average Bonchev–Trinajstić information content (AvgIpc) is 2.34. The van der Waals surface area contributed by atoms with Crippen molar-refractivity contribution in [3.63, 3.8) is 0 Å². The minimum atomic E-state index is 0. The van der Waals surface area contributed by atoms with Crippen LogP contribution in [-0.4, -0.2) is 25.2 Å². The summed E-state index contributed by atoms with van der Waals surface area (Å²) in [7, 11) is 0. The van der Waals surface area contributed by atoms with Crippen LogP contribution in [0.3, 0.4) is 0 Å². The smallest absolute Gasteiger partial charge is 0.188 e. The predicted octanol–water partition coefficient (Wildman–Crippen LogP) is 3.08. The molecule has 2 rings (SSSR count). The molecule has 1 aliphatic rings. The highest BCUT2D eigenvalue weighted by Crippen LogP contribution is 2.24. The summed E-state index contributed by atoms with van der Waals surface area (Å²) in [6.07, 6.45) is 3.99. The highest BCUT2D eigenvalue weighted by Gasteiger charge is 2.16. The largest absolute Gasteiger partial charge is 0.489 e. The zero-order chi connectivity index (χ0) is 14.4. The number of aliphatic imine (C=N–C) groups is 1. The Kier molecular flexibility index (Phi) is 7.85. The van der Waals surface area contributed by atoms with E-state index in [-0.39, 0.29) is 30.1 Å². The van der Waals surface area contributed by atoms with Gasteiger partial charge in [-0.05, 0) is 50.3 Å². The summed E-state index contributed by atoms with van der Waals surface area (Å²) >= 11 is 0. The summed E-state index contributed by atoms with van der Waals surface area (Å²) in [5.74, 6) is 2.19. The molecule has 0 radical (unpaired) electrons. The molecule has 0 saturated heterocycles. The number of ether oxygens (including phenoxy) is 1. The van der Waals surface area contributed by atoms with Crippen molar-refractivity contribution in [3.8, 4) is 5.75 Å². The molecule has 4 nitrogen and oxygen atoms in total. The lowest BCUT2D eigenvalue weighted by Crippen LogP contribution is -2.37. The fourth-order valence-corrected chi connectivity index (χ4v) is 2.19. The van der Waals surface area contributed by atoms with Crippen molar-refractivity contribution in [1.82, 2.24) is 5.32 Å². The molecule has 0 heterocycles. The number of guanidine groups is 1. The van der Waals surface area contributed by atoms with Crippen molar-refractivity contribution in [3.05, 3.63) is 29.8 Å². The molecule has 21 heavy (non-hydrogen) atoms. The van der Waals surface area contributed by atoms with Gasteiger partial charge in [0, 0.05) is 6.54 Å². The molecular formula is C16H26IN3O. The molecule has 1 aromatic rings. The Morgan fingerprint density at radius 3 is 2.86 bits per heavy atom. The predicted molar refractivity (Wildman–Crippen MR) is 98.5 cm³/mol. The van der Waals surface area contributed by atoms with Crippen LogP contribution in [-0.2, 0) is 0 Å². The number of nitrogens with zero attached hydrogens (tertiary/aromatic N) is 1. The molecule has 1 fully saturated rings. The Morgan fingerprint density at radius 2 is 2.24 bits per heavy atom. The van der Waals surface area contributed by atoms with E-state index in [1.54, 1.807) is 0 Å². The van der Waals surface area contributed by atoms with Gasteiger partial charge in [0.2, 0.25) is 0 Å². The van der Waals surface area contributed by atoms with Crippen LogP contribution in [0.4, 0.5) is 0 Å². The van der Waals surface area contributed by atoms with E-state index in [1.807, 2.05) is 25.1 Å². The third kappa shape index (κ3) is 6.54. The van der Waals surface area contributed by atoms with Gasteiger partial charge >= 0.3 is 0 Å². The topological polar surface area (TPSA) is 59.6 Å². The Labute approximate surface area is 144 Å². The van der Waals surface area contributed by atoms with Gasteiger partial charge in [-0.25, -0.2) is 4.99 Å². The maximum absolute atomic E-state index is 5.85. The van der Waals surface area contributed by atoms with Crippen molar-refractivity contribution >= 4 is 29.9 Å². The number of nitrogens with one attached hydrogen (secondary N) is 1. The summed E-state index contributed by atoms with van der Waals surface area (Å²) in [6, 6.07) is 8.04. The van der Waals surface area contributed by atoms with Crippen molar-refractivity contribution in [2.45, 2.75) is 39.2 Å². The maximum atomic E-state index is 5.85. The third-order valence-corrected chi connectivity index (χ3v) is 3.64. The lowest BCUT2D eigenvalue weighted by atomic mass is 9.85. The molecule has 1 aliphatic carbocycles. The lowest BCUT2D eigenvalue weighted by molar-refractivity contribution is 0.230. The molecule has 0 bridgehead atoms. The molecule has 1 saturated carbocycles. The molecule has 1 aromatic carbocycles. The second-order valence-electron chi connectivity index (χ2n) is 5.65. The van der Waals surface area contributed by atoms with E-state index in [0.717, 1.165) is 18.2 Å². The van der Waals surface area contributed by atoms with E-state index in [9.17, 15) is 0 Å². The van der Waals surface area contributed by atoms with E-state index in [1.165, 1.54) is 24.8 Å². The van der Waals surface area contributed by atoms with Crippen molar-refractivity contribution < 1.29 is 4.74 Å². The number of nitrogens with two attached hydrogens (primary N) is 1. The van der Waals surface area contributed by atoms with E-state index in [0.29, 0.717) is 12.5 Å². The van der Waals surface area contributed by atoms with Crippen LogP contribution in [0.5, 0.6) is 5.75 Å². The summed E-state index contributed by atoms with van der Waals surface area (Å²) in [6.45, 7) is 5.57. The molecule has 0 aliphatic heterocycles. The lowest BCUT2D eigenvalue weighted by Gasteiger charge is -2.25. The first-order valence-corrected chi connectivity index (χ1v) is 7.40. The number of hydrogen-bond donors (Lipinski definition) is 2. The second kappa shape index (κ2) is 9.12. The Hall–Kier alpha value is -0.980. The fourth-order valence-electron chi connectivity index (χ4n) is 2.19. The molecule has 1 atom stereocenters. The zero-order valence-electron chi connectivity index (χ0n) is 12.8. The van der Waals surface area contributed by atoms with Crippen LogP contribution in [0.25, 0.3) is 0 Å². The Bertz CT molecular complexity index is 461. The molecule has 0 amide bonds. The summed E-state index contributed by atoms with van der Waals surface area (Å²) in [5.41, 5.74) is 7.04. The summed E-state index contributed by atoms with van der Waals surface area (Å²) in [5, 5.41) is 3.19. The number of halogens is 1.